The summed E-state index contributed by atoms with van der Waals surface area (Å²) in [5, 5.41) is 0.371. The van der Waals surface area contributed by atoms with Gasteiger partial charge in [-0.3, -0.25) is 0 Å². The van der Waals surface area contributed by atoms with Crippen molar-refractivity contribution < 1.29 is 12.8 Å². The molecule has 0 saturated carbocycles. The second kappa shape index (κ2) is 5.98. The molecule has 106 valence electrons. The zero-order chi connectivity index (χ0) is 14.0. The minimum Gasteiger partial charge on any atom is -0.229 e. The molecule has 1 aliphatic rings. The molecule has 2 nitrogen and oxygen atoms in total. The van der Waals surface area contributed by atoms with E-state index in [0.717, 1.165) is 0 Å². The molecular formula is C13H15Cl2FO2S. The molecule has 2 unspecified atom stereocenters. The van der Waals surface area contributed by atoms with Gasteiger partial charge >= 0.3 is 0 Å². The average Bonchev–Trinajstić information content (AvgIpc) is 2.69. The van der Waals surface area contributed by atoms with Crippen molar-refractivity contribution in [1.29, 1.82) is 0 Å². The quantitative estimate of drug-likeness (QED) is 0.796. The first-order chi connectivity index (χ1) is 8.93. The number of halogens is 3. The molecule has 1 aromatic carbocycles. The molecule has 1 fully saturated rings. The zero-order valence-electron chi connectivity index (χ0n) is 10.3. The number of rotatable bonds is 4. The van der Waals surface area contributed by atoms with Gasteiger partial charge in [-0.1, -0.05) is 17.7 Å². The summed E-state index contributed by atoms with van der Waals surface area (Å²) < 4.78 is 36.7. The highest BCUT2D eigenvalue weighted by Gasteiger charge is 2.33. The van der Waals surface area contributed by atoms with Crippen molar-refractivity contribution in [3.05, 3.63) is 34.6 Å². The molecule has 0 amide bonds. The number of sulfone groups is 1. The Hall–Kier alpha value is -0.320. The van der Waals surface area contributed by atoms with Crippen LogP contribution < -0.4 is 0 Å². The van der Waals surface area contributed by atoms with Crippen LogP contribution in [0.4, 0.5) is 4.39 Å². The van der Waals surface area contributed by atoms with Gasteiger partial charge in [0, 0.05) is 16.5 Å². The third kappa shape index (κ3) is 3.61. The largest absolute Gasteiger partial charge is 0.229 e. The van der Waals surface area contributed by atoms with E-state index >= 15 is 0 Å². The predicted octanol–water partition coefficient (Wildman–Crippen LogP) is 3.31. The number of hydrogen-bond acceptors (Lipinski definition) is 2. The van der Waals surface area contributed by atoms with Crippen molar-refractivity contribution in [2.75, 3.05) is 17.4 Å². The Bertz CT molecular complexity index is 540. The lowest BCUT2D eigenvalue weighted by molar-refractivity contribution is 0.392. The Kier molecular flexibility index (Phi) is 4.75. The molecule has 1 heterocycles. The molecule has 2 atom stereocenters. The molecule has 6 heteroatoms. The van der Waals surface area contributed by atoms with E-state index in [2.05, 4.69) is 0 Å². The Labute approximate surface area is 122 Å². The fourth-order valence-corrected chi connectivity index (χ4v) is 5.05. The van der Waals surface area contributed by atoms with Crippen LogP contribution in [0.1, 0.15) is 12.0 Å². The highest BCUT2D eigenvalue weighted by molar-refractivity contribution is 7.91. The number of hydrogen-bond donors (Lipinski definition) is 0. The summed E-state index contributed by atoms with van der Waals surface area (Å²) in [6.45, 7) is 0. The van der Waals surface area contributed by atoms with Gasteiger partial charge in [-0.15, -0.1) is 11.6 Å². The molecule has 0 aromatic heterocycles. The molecule has 2 rings (SSSR count). The summed E-state index contributed by atoms with van der Waals surface area (Å²) in [5.74, 6) is 0.243. The van der Waals surface area contributed by atoms with Crippen LogP contribution in [0.3, 0.4) is 0 Å². The zero-order valence-corrected chi connectivity index (χ0v) is 12.6. The topological polar surface area (TPSA) is 34.1 Å². The van der Waals surface area contributed by atoms with E-state index < -0.39 is 9.84 Å². The summed E-state index contributed by atoms with van der Waals surface area (Å²) in [5.41, 5.74) is 0.430. The second-order valence-corrected chi connectivity index (χ2v) is 7.93. The monoisotopic (exact) mass is 324 g/mol. The van der Waals surface area contributed by atoms with Crippen LogP contribution in [0, 0.1) is 17.7 Å². The minimum atomic E-state index is -2.95. The van der Waals surface area contributed by atoms with E-state index in [-0.39, 0.29) is 29.2 Å². The first-order valence-electron chi connectivity index (χ1n) is 6.12. The highest BCUT2D eigenvalue weighted by atomic mass is 35.5. The molecule has 1 aliphatic heterocycles. The molecule has 19 heavy (non-hydrogen) atoms. The predicted molar refractivity (Wildman–Crippen MR) is 76.1 cm³/mol. The smallest absolute Gasteiger partial charge is 0.150 e. The third-order valence-electron chi connectivity index (χ3n) is 3.66. The lowest BCUT2D eigenvalue weighted by atomic mass is 9.87. The van der Waals surface area contributed by atoms with Crippen molar-refractivity contribution >= 4 is 33.0 Å². The molecular weight excluding hydrogens is 310 g/mol. The highest BCUT2D eigenvalue weighted by Crippen LogP contribution is 2.32. The molecule has 1 aromatic rings. The van der Waals surface area contributed by atoms with E-state index in [0.29, 0.717) is 29.3 Å². The summed E-state index contributed by atoms with van der Waals surface area (Å²) in [6, 6.07) is 4.55. The van der Waals surface area contributed by atoms with Gasteiger partial charge in [-0.25, -0.2) is 12.8 Å². The van der Waals surface area contributed by atoms with Crippen LogP contribution in [-0.4, -0.2) is 25.8 Å². The van der Waals surface area contributed by atoms with Crippen molar-refractivity contribution in [3.8, 4) is 0 Å². The maximum absolute atomic E-state index is 13.7. The maximum Gasteiger partial charge on any atom is 0.150 e. The Morgan fingerprint density at radius 2 is 2.16 bits per heavy atom. The SMILES string of the molecule is O=S1(=O)CCC(C(CCl)Cc2c(F)cccc2Cl)C1. The van der Waals surface area contributed by atoms with Crippen molar-refractivity contribution in [3.63, 3.8) is 0 Å². The van der Waals surface area contributed by atoms with Crippen LogP contribution in [0.2, 0.25) is 5.02 Å². The van der Waals surface area contributed by atoms with E-state index in [1.54, 1.807) is 12.1 Å². The number of alkyl halides is 1. The first kappa shape index (κ1) is 15.1. The molecule has 0 radical (unpaired) electrons. The second-order valence-electron chi connectivity index (χ2n) is 4.98. The standard InChI is InChI=1S/C13H15Cl2FO2S/c14-7-10(9-4-5-19(17,18)8-9)6-11-12(15)2-1-3-13(11)16/h1-3,9-10H,4-8H2. The fourth-order valence-electron chi connectivity index (χ4n) is 2.53. The van der Waals surface area contributed by atoms with E-state index in [4.69, 9.17) is 23.2 Å². The van der Waals surface area contributed by atoms with Crippen LogP contribution >= 0.6 is 23.2 Å². The van der Waals surface area contributed by atoms with Gasteiger partial charge in [0.15, 0.2) is 9.84 Å². The van der Waals surface area contributed by atoms with Crippen molar-refractivity contribution in [2.24, 2.45) is 11.8 Å². The van der Waals surface area contributed by atoms with E-state index in [1.807, 2.05) is 0 Å². The Balaban J connectivity index is 2.16. The van der Waals surface area contributed by atoms with Crippen LogP contribution in [0.5, 0.6) is 0 Å². The summed E-state index contributed by atoms with van der Waals surface area (Å²) in [6.07, 6.45) is 0.987. The Morgan fingerprint density at radius 3 is 2.68 bits per heavy atom. The summed E-state index contributed by atoms with van der Waals surface area (Å²) in [4.78, 5) is 0. The molecule has 1 saturated heterocycles. The maximum atomic E-state index is 13.7. The minimum absolute atomic E-state index is 0.00169. The third-order valence-corrected chi connectivity index (χ3v) is 6.20. The average molecular weight is 325 g/mol. The summed E-state index contributed by atoms with van der Waals surface area (Å²) >= 11 is 11.9. The molecule has 0 bridgehead atoms. The normalized spacial score (nSPS) is 23.4. The Morgan fingerprint density at radius 1 is 1.42 bits per heavy atom. The van der Waals surface area contributed by atoms with Gasteiger partial charge in [-0.05, 0) is 36.8 Å². The lowest BCUT2D eigenvalue weighted by Crippen LogP contribution is -2.21. The first-order valence-corrected chi connectivity index (χ1v) is 8.85. The summed E-state index contributed by atoms with van der Waals surface area (Å²) in [7, 11) is -2.95. The van der Waals surface area contributed by atoms with Crippen molar-refractivity contribution in [2.45, 2.75) is 12.8 Å². The van der Waals surface area contributed by atoms with Gasteiger partial charge < -0.3 is 0 Å². The van der Waals surface area contributed by atoms with Gasteiger partial charge in [0.1, 0.15) is 5.82 Å². The number of benzene rings is 1. The van der Waals surface area contributed by atoms with E-state index in [1.165, 1.54) is 6.07 Å². The van der Waals surface area contributed by atoms with Crippen LogP contribution in [-0.2, 0) is 16.3 Å². The molecule has 0 N–H and O–H groups in total. The molecule has 0 aliphatic carbocycles. The lowest BCUT2D eigenvalue weighted by Gasteiger charge is -2.20. The van der Waals surface area contributed by atoms with E-state index in [9.17, 15) is 12.8 Å². The van der Waals surface area contributed by atoms with Gasteiger partial charge in [0.25, 0.3) is 0 Å². The van der Waals surface area contributed by atoms with Crippen LogP contribution in [0.15, 0.2) is 18.2 Å². The van der Waals surface area contributed by atoms with Gasteiger partial charge in [0.2, 0.25) is 0 Å². The molecule has 0 spiro atoms. The van der Waals surface area contributed by atoms with Crippen molar-refractivity contribution in [1.82, 2.24) is 0 Å². The van der Waals surface area contributed by atoms with Gasteiger partial charge in [-0.2, -0.15) is 0 Å². The van der Waals surface area contributed by atoms with Gasteiger partial charge in [0.05, 0.1) is 11.5 Å². The van der Waals surface area contributed by atoms with Crippen LogP contribution in [0.25, 0.3) is 0 Å². The fraction of sp³-hybridized carbons (Fsp3) is 0.538.